The van der Waals surface area contributed by atoms with Crippen LogP contribution in [0, 0.1) is 5.92 Å². The van der Waals surface area contributed by atoms with E-state index in [4.69, 9.17) is 4.74 Å². The van der Waals surface area contributed by atoms with E-state index in [2.05, 4.69) is 48.3 Å². The number of nitrogens with zero attached hydrogens (tertiary/aromatic N) is 1. The van der Waals surface area contributed by atoms with E-state index in [-0.39, 0.29) is 0 Å². The van der Waals surface area contributed by atoms with Crippen molar-refractivity contribution in [2.75, 3.05) is 44.1 Å². The fourth-order valence-electron chi connectivity index (χ4n) is 1.57. The van der Waals surface area contributed by atoms with Crippen molar-refractivity contribution in [3.05, 3.63) is 24.3 Å². The molecule has 0 amide bonds. The van der Waals surface area contributed by atoms with Gasteiger partial charge < -0.3 is 15.0 Å². The van der Waals surface area contributed by atoms with Gasteiger partial charge in [0.1, 0.15) is 0 Å². The first-order chi connectivity index (χ1) is 8.59. The second-order valence-electron chi connectivity index (χ2n) is 5.16. The molecule has 18 heavy (non-hydrogen) atoms. The normalized spacial score (nSPS) is 10.7. The van der Waals surface area contributed by atoms with Crippen LogP contribution in [0.15, 0.2) is 24.3 Å². The predicted molar refractivity (Wildman–Crippen MR) is 79.5 cm³/mol. The average Bonchev–Trinajstić information content (AvgIpc) is 2.34. The minimum absolute atomic E-state index is 0.719. The van der Waals surface area contributed by atoms with Crippen LogP contribution in [0.5, 0.6) is 0 Å². The summed E-state index contributed by atoms with van der Waals surface area (Å²) in [5, 5.41) is 3.36. The van der Waals surface area contributed by atoms with Crippen LogP contribution >= 0.6 is 0 Å². The van der Waals surface area contributed by atoms with Crippen molar-refractivity contribution in [3.63, 3.8) is 0 Å². The average molecular weight is 250 g/mol. The van der Waals surface area contributed by atoms with Gasteiger partial charge in [0.25, 0.3) is 0 Å². The van der Waals surface area contributed by atoms with Gasteiger partial charge in [0.2, 0.25) is 0 Å². The number of benzene rings is 1. The standard InChI is InChI=1S/C15H26N2O/c1-13(2)9-11-18-12-10-16-14-5-7-15(8-6-14)17(3)4/h5-8,13,16H,9-12H2,1-4H3. The minimum Gasteiger partial charge on any atom is -0.383 e. The molecule has 0 aliphatic heterocycles. The maximum absolute atomic E-state index is 5.56. The fourth-order valence-corrected chi connectivity index (χ4v) is 1.57. The molecule has 0 saturated heterocycles. The van der Waals surface area contributed by atoms with E-state index in [1.54, 1.807) is 0 Å². The van der Waals surface area contributed by atoms with Crippen LogP contribution in [0.25, 0.3) is 0 Å². The highest BCUT2D eigenvalue weighted by molar-refractivity contribution is 5.54. The molecule has 3 heteroatoms. The molecular weight excluding hydrogens is 224 g/mol. The van der Waals surface area contributed by atoms with Gasteiger partial charge in [-0.15, -0.1) is 0 Å². The third kappa shape index (κ3) is 5.92. The number of nitrogens with one attached hydrogen (secondary N) is 1. The molecule has 1 aromatic carbocycles. The molecule has 0 aliphatic carbocycles. The smallest absolute Gasteiger partial charge is 0.0639 e. The number of hydrogen-bond donors (Lipinski definition) is 1. The van der Waals surface area contributed by atoms with Crippen molar-refractivity contribution in [1.82, 2.24) is 0 Å². The SMILES string of the molecule is CC(C)CCOCCNc1ccc(N(C)C)cc1. The Kier molecular flexibility index (Phi) is 6.58. The molecule has 0 aliphatic rings. The molecule has 0 radical (unpaired) electrons. The molecular formula is C15H26N2O. The molecule has 0 unspecified atom stereocenters. The molecule has 0 saturated carbocycles. The third-order valence-electron chi connectivity index (χ3n) is 2.80. The highest BCUT2D eigenvalue weighted by atomic mass is 16.5. The second kappa shape index (κ2) is 7.98. The van der Waals surface area contributed by atoms with Crippen LogP contribution < -0.4 is 10.2 Å². The number of anilines is 2. The van der Waals surface area contributed by atoms with Crippen molar-refractivity contribution in [2.45, 2.75) is 20.3 Å². The lowest BCUT2D eigenvalue weighted by Gasteiger charge is -2.13. The quantitative estimate of drug-likeness (QED) is 0.717. The Morgan fingerprint density at radius 2 is 1.78 bits per heavy atom. The summed E-state index contributed by atoms with van der Waals surface area (Å²) in [5.74, 6) is 0.719. The van der Waals surface area contributed by atoms with Gasteiger partial charge in [-0.05, 0) is 36.6 Å². The molecule has 1 N–H and O–H groups in total. The van der Waals surface area contributed by atoms with Crippen LogP contribution in [-0.2, 0) is 4.74 Å². The number of hydrogen-bond acceptors (Lipinski definition) is 3. The molecule has 0 aromatic heterocycles. The first kappa shape index (κ1) is 14.8. The first-order valence-electron chi connectivity index (χ1n) is 6.68. The lowest BCUT2D eigenvalue weighted by atomic mass is 10.1. The van der Waals surface area contributed by atoms with Crippen LogP contribution in [0.4, 0.5) is 11.4 Å². The van der Waals surface area contributed by atoms with E-state index < -0.39 is 0 Å². The summed E-state index contributed by atoms with van der Waals surface area (Å²) in [4.78, 5) is 2.10. The summed E-state index contributed by atoms with van der Waals surface area (Å²) >= 11 is 0. The van der Waals surface area contributed by atoms with Crippen molar-refractivity contribution in [3.8, 4) is 0 Å². The van der Waals surface area contributed by atoms with Gasteiger partial charge in [-0.1, -0.05) is 13.8 Å². The van der Waals surface area contributed by atoms with Crippen molar-refractivity contribution >= 4 is 11.4 Å². The lowest BCUT2D eigenvalue weighted by molar-refractivity contribution is 0.132. The van der Waals surface area contributed by atoms with Crippen molar-refractivity contribution in [2.24, 2.45) is 5.92 Å². The van der Waals surface area contributed by atoms with Gasteiger partial charge in [0.05, 0.1) is 6.61 Å². The number of rotatable bonds is 8. The van der Waals surface area contributed by atoms with Gasteiger partial charge in [0, 0.05) is 38.6 Å². The van der Waals surface area contributed by atoms with E-state index in [9.17, 15) is 0 Å². The molecule has 1 aromatic rings. The van der Waals surface area contributed by atoms with E-state index in [0.717, 1.165) is 37.8 Å². The molecule has 3 nitrogen and oxygen atoms in total. The van der Waals surface area contributed by atoms with Crippen LogP contribution in [0.2, 0.25) is 0 Å². The maximum Gasteiger partial charge on any atom is 0.0639 e. The fraction of sp³-hybridized carbons (Fsp3) is 0.600. The third-order valence-corrected chi connectivity index (χ3v) is 2.80. The molecule has 102 valence electrons. The molecule has 0 fully saturated rings. The topological polar surface area (TPSA) is 24.5 Å². The Balaban J connectivity index is 2.15. The summed E-state index contributed by atoms with van der Waals surface area (Å²) in [6.45, 7) is 6.92. The van der Waals surface area contributed by atoms with Gasteiger partial charge >= 0.3 is 0 Å². The Hall–Kier alpha value is -1.22. The molecule has 0 atom stereocenters. The van der Waals surface area contributed by atoms with E-state index in [0.29, 0.717) is 0 Å². The summed E-state index contributed by atoms with van der Waals surface area (Å²) in [6, 6.07) is 8.43. The maximum atomic E-state index is 5.56. The molecule has 0 spiro atoms. The highest BCUT2D eigenvalue weighted by Crippen LogP contribution is 2.15. The second-order valence-corrected chi connectivity index (χ2v) is 5.16. The zero-order valence-corrected chi connectivity index (χ0v) is 12.1. The molecule has 0 heterocycles. The summed E-state index contributed by atoms with van der Waals surface area (Å²) < 4.78 is 5.56. The Bertz CT molecular complexity index is 320. The summed E-state index contributed by atoms with van der Waals surface area (Å²) in [5.41, 5.74) is 2.36. The predicted octanol–water partition coefficient (Wildman–Crippen LogP) is 3.23. The Morgan fingerprint density at radius 3 is 2.33 bits per heavy atom. The van der Waals surface area contributed by atoms with Crippen LogP contribution in [-0.4, -0.2) is 33.9 Å². The van der Waals surface area contributed by atoms with E-state index >= 15 is 0 Å². The zero-order valence-electron chi connectivity index (χ0n) is 12.1. The zero-order chi connectivity index (χ0) is 13.4. The van der Waals surface area contributed by atoms with E-state index in [1.165, 1.54) is 5.69 Å². The largest absolute Gasteiger partial charge is 0.383 e. The van der Waals surface area contributed by atoms with Crippen molar-refractivity contribution < 1.29 is 4.74 Å². The van der Waals surface area contributed by atoms with Crippen LogP contribution in [0.1, 0.15) is 20.3 Å². The highest BCUT2D eigenvalue weighted by Gasteiger charge is 1.96. The minimum atomic E-state index is 0.719. The summed E-state index contributed by atoms with van der Waals surface area (Å²) in [6.07, 6.45) is 1.14. The van der Waals surface area contributed by atoms with Crippen LogP contribution in [0.3, 0.4) is 0 Å². The number of ether oxygens (including phenoxy) is 1. The Morgan fingerprint density at radius 1 is 1.11 bits per heavy atom. The van der Waals surface area contributed by atoms with Gasteiger partial charge in [-0.3, -0.25) is 0 Å². The first-order valence-corrected chi connectivity index (χ1v) is 6.68. The molecule has 1 rings (SSSR count). The monoisotopic (exact) mass is 250 g/mol. The van der Waals surface area contributed by atoms with Gasteiger partial charge in [-0.25, -0.2) is 0 Å². The summed E-state index contributed by atoms with van der Waals surface area (Å²) in [7, 11) is 4.09. The lowest BCUT2D eigenvalue weighted by Crippen LogP contribution is -2.11. The van der Waals surface area contributed by atoms with Gasteiger partial charge in [-0.2, -0.15) is 0 Å². The Labute approximate surface area is 111 Å². The van der Waals surface area contributed by atoms with E-state index in [1.807, 2.05) is 14.1 Å². The van der Waals surface area contributed by atoms with Crippen molar-refractivity contribution in [1.29, 1.82) is 0 Å². The van der Waals surface area contributed by atoms with Gasteiger partial charge in [0.15, 0.2) is 0 Å². The molecule has 0 bridgehead atoms.